The molecule has 18 heavy (non-hydrogen) atoms. The number of carbonyl (C=O) groups is 1. The van der Waals surface area contributed by atoms with E-state index in [1.807, 2.05) is 0 Å². The molecular weight excluding hydrogens is 234 g/mol. The molecule has 1 fully saturated rings. The topological polar surface area (TPSA) is 62.9 Å². The van der Waals surface area contributed by atoms with Crippen LogP contribution >= 0.6 is 0 Å². The maximum atomic E-state index is 11.0. The van der Waals surface area contributed by atoms with Gasteiger partial charge in [0.25, 0.3) is 0 Å². The number of carboxylic acids is 1. The number of furan rings is 1. The highest BCUT2D eigenvalue weighted by molar-refractivity contribution is 5.88. The summed E-state index contributed by atoms with van der Waals surface area (Å²) in [6.45, 7) is 3.32. The lowest BCUT2D eigenvalue weighted by Crippen LogP contribution is -2.34. The average molecular weight is 253 g/mol. The first-order chi connectivity index (χ1) is 8.70. The number of likely N-dealkylation sites (tertiary alicyclic amines) is 1. The summed E-state index contributed by atoms with van der Waals surface area (Å²) in [5.74, 6) is 0.252. The monoisotopic (exact) mass is 253 g/mol. The van der Waals surface area contributed by atoms with E-state index in [-0.39, 0.29) is 5.56 Å². The van der Waals surface area contributed by atoms with Crippen LogP contribution in [0, 0.1) is 5.92 Å². The number of hydrogen-bond acceptors (Lipinski definition) is 4. The number of hydrogen-bond donors (Lipinski definition) is 1. The van der Waals surface area contributed by atoms with E-state index < -0.39 is 5.97 Å². The van der Waals surface area contributed by atoms with Crippen molar-refractivity contribution in [3.05, 3.63) is 23.7 Å². The number of piperidine rings is 1. The Labute approximate surface area is 106 Å². The Balaban J connectivity index is 1.88. The minimum absolute atomic E-state index is 0.272. The van der Waals surface area contributed by atoms with Gasteiger partial charge in [0, 0.05) is 13.7 Å². The molecule has 1 aromatic heterocycles. The lowest BCUT2D eigenvalue weighted by atomic mass is 9.97. The van der Waals surface area contributed by atoms with Crippen molar-refractivity contribution >= 4 is 5.97 Å². The zero-order chi connectivity index (χ0) is 13.0. The number of ether oxygens (including phenoxy) is 1. The van der Waals surface area contributed by atoms with Crippen LogP contribution < -0.4 is 0 Å². The second kappa shape index (κ2) is 6.02. The Morgan fingerprint density at radius 1 is 1.56 bits per heavy atom. The Morgan fingerprint density at radius 3 is 2.89 bits per heavy atom. The molecule has 0 radical (unpaired) electrons. The Bertz CT molecular complexity index is 393. The van der Waals surface area contributed by atoms with Crippen LogP contribution in [0.3, 0.4) is 0 Å². The predicted octanol–water partition coefficient (Wildman–Crippen LogP) is 1.84. The molecule has 0 aliphatic carbocycles. The Hall–Kier alpha value is -1.33. The summed E-state index contributed by atoms with van der Waals surface area (Å²) >= 11 is 0. The molecule has 0 bridgehead atoms. The van der Waals surface area contributed by atoms with Gasteiger partial charge in [-0.1, -0.05) is 0 Å². The first-order valence-electron chi connectivity index (χ1n) is 6.21. The van der Waals surface area contributed by atoms with Gasteiger partial charge in [-0.15, -0.1) is 0 Å². The van der Waals surface area contributed by atoms with Crippen LogP contribution in [0.25, 0.3) is 0 Å². The van der Waals surface area contributed by atoms with Gasteiger partial charge in [-0.25, -0.2) is 4.79 Å². The van der Waals surface area contributed by atoms with E-state index in [9.17, 15) is 4.79 Å². The molecule has 1 aliphatic rings. The molecule has 0 atom stereocenters. The molecule has 1 saturated heterocycles. The molecule has 5 heteroatoms. The zero-order valence-corrected chi connectivity index (χ0v) is 10.6. The molecule has 0 saturated carbocycles. The van der Waals surface area contributed by atoms with Crippen molar-refractivity contribution < 1.29 is 19.1 Å². The number of methoxy groups -OCH3 is 1. The fourth-order valence-electron chi connectivity index (χ4n) is 2.40. The smallest absolute Gasteiger partial charge is 0.339 e. The van der Waals surface area contributed by atoms with Crippen LogP contribution in [0.4, 0.5) is 0 Å². The molecule has 0 aromatic carbocycles. The van der Waals surface area contributed by atoms with Crippen molar-refractivity contribution in [2.24, 2.45) is 5.92 Å². The third kappa shape index (κ3) is 3.11. The molecule has 1 aliphatic heterocycles. The van der Waals surface area contributed by atoms with E-state index in [2.05, 4.69) is 4.90 Å². The van der Waals surface area contributed by atoms with E-state index in [0.717, 1.165) is 32.5 Å². The molecule has 1 N–H and O–H groups in total. The average Bonchev–Trinajstić information content (AvgIpc) is 2.80. The predicted molar refractivity (Wildman–Crippen MR) is 65.5 cm³/mol. The number of nitrogens with zero attached hydrogens (tertiary/aromatic N) is 1. The molecule has 0 unspecified atom stereocenters. The third-order valence-electron chi connectivity index (χ3n) is 3.45. The normalized spacial score (nSPS) is 18.1. The number of aromatic carboxylic acids is 1. The van der Waals surface area contributed by atoms with Crippen LogP contribution in [0.1, 0.15) is 29.0 Å². The van der Waals surface area contributed by atoms with E-state index >= 15 is 0 Å². The SMILES string of the molecule is COCC1CCN(Cc2occc2C(=O)O)CC1. The van der Waals surface area contributed by atoms with Crippen molar-refractivity contribution in [3.8, 4) is 0 Å². The van der Waals surface area contributed by atoms with Gasteiger partial charge in [0.2, 0.25) is 0 Å². The highest BCUT2D eigenvalue weighted by Crippen LogP contribution is 2.20. The van der Waals surface area contributed by atoms with Crippen LogP contribution in [0.5, 0.6) is 0 Å². The second-order valence-electron chi connectivity index (χ2n) is 4.74. The maximum Gasteiger partial charge on any atom is 0.339 e. The lowest BCUT2D eigenvalue weighted by Gasteiger charge is -2.31. The Morgan fingerprint density at radius 2 is 2.28 bits per heavy atom. The van der Waals surface area contributed by atoms with Gasteiger partial charge in [0.1, 0.15) is 11.3 Å². The number of carboxylic acid groups (broad SMARTS) is 1. The van der Waals surface area contributed by atoms with Crippen LogP contribution in [0.15, 0.2) is 16.7 Å². The van der Waals surface area contributed by atoms with Gasteiger partial charge in [-0.2, -0.15) is 0 Å². The molecule has 100 valence electrons. The summed E-state index contributed by atoms with van der Waals surface area (Å²) in [5.41, 5.74) is 0.272. The summed E-state index contributed by atoms with van der Waals surface area (Å²) in [7, 11) is 1.73. The largest absolute Gasteiger partial charge is 0.478 e. The molecule has 0 spiro atoms. The van der Waals surface area contributed by atoms with Crippen LogP contribution in [-0.2, 0) is 11.3 Å². The van der Waals surface area contributed by atoms with Gasteiger partial charge in [0.15, 0.2) is 0 Å². The highest BCUT2D eigenvalue weighted by atomic mass is 16.5. The quantitative estimate of drug-likeness (QED) is 0.867. The van der Waals surface area contributed by atoms with E-state index in [0.29, 0.717) is 18.2 Å². The summed E-state index contributed by atoms with van der Waals surface area (Å²) in [4.78, 5) is 13.2. The maximum absolute atomic E-state index is 11.0. The van der Waals surface area contributed by atoms with Gasteiger partial charge in [-0.3, -0.25) is 4.90 Å². The first-order valence-corrected chi connectivity index (χ1v) is 6.21. The van der Waals surface area contributed by atoms with E-state index in [1.54, 1.807) is 7.11 Å². The van der Waals surface area contributed by atoms with Gasteiger partial charge >= 0.3 is 5.97 Å². The molecule has 1 aromatic rings. The molecule has 2 heterocycles. The van der Waals surface area contributed by atoms with Crippen LogP contribution in [0.2, 0.25) is 0 Å². The zero-order valence-electron chi connectivity index (χ0n) is 10.6. The van der Waals surface area contributed by atoms with E-state index in [4.69, 9.17) is 14.3 Å². The molecule has 0 amide bonds. The van der Waals surface area contributed by atoms with Crippen molar-refractivity contribution in [1.29, 1.82) is 0 Å². The third-order valence-corrected chi connectivity index (χ3v) is 3.45. The van der Waals surface area contributed by atoms with Crippen molar-refractivity contribution in [3.63, 3.8) is 0 Å². The van der Waals surface area contributed by atoms with Crippen molar-refractivity contribution in [2.45, 2.75) is 19.4 Å². The van der Waals surface area contributed by atoms with Crippen molar-refractivity contribution in [2.75, 3.05) is 26.8 Å². The summed E-state index contributed by atoms with van der Waals surface area (Å²) < 4.78 is 10.4. The Kier molecular flexibility index (Phi) is 4.38. The fraction of sp³-hybridized carbons (Fsp3) is 0.615. The number of rotatable bonds is 5. The highest BCUT2D eigenvalue weighted by Gasteiger charge is 2.22. The van der Waals surface area contributed by atoms with Gasteiger partial charge in [0.05, 0.1) is 12.8 Å². The summed E-state index contributed by atoms with van der Waals surface area (Å²) in [6, 6.07) is 1.51. The van der Waals surface area contributed by atoms with Crippen molar-refractivity contribution in [1.82, 2.24) is 4.90 Å². The molecule has 2 rings (SSSR count). The van der Waals surface area contributed by atoms with Gasteiger partial charge < -0.3 is 14.3 Å². The lowest BCUT2D eigenvalue weighted by molar-refractivity contribution is 0.0688. The molecule has 5 nitrogen and oxygen atoms in total. The minimum atomic E-state index is -0.923. The molecular formula is C13H19NO4. The second-order valence-corrected chi connectivity index (χ2v) is 4.74. The minimum Gasteiger partial charge on any atom is -0.478 e. The first kappa shape index (κ1) is 13.1. The summed E-state index contributed by atoms with van der Waals surface area (Å²) in [5, 5.41) is 9.00. The van der Waals surface area contributed by atoms with E-state index in [1.165, 1.54) is 12.3 Å². The fourth-order valence-corrected chi connectivity index (χ4v) is 2.40. The summed E-state index contributed by atoms with van der Waals surface area (Å²) in [6.07, 6.45) is 3.63. The standard InChI is InChI=1S/C13H19NO4/c1-17-9-10-2-5-14(6-3-10)8-12-11(13(15)16)4-7-18-12/h4,7,10H,2-3,5-6,8-9H2,1H3,(H,15,16). The van der Waals surface area contributed by atoms with Gasteiger partial charge in [-0.05, 0) is 37.9 Å². The van der Waals surface area contributed by atoms with Crippen LogP contribution in [-0.4, -0.2) is 42.8 Å².